The Labute approximate surface area is 130 Å². The molecular formula is C16H23N3O3. The van der Waals surface area contributed by atoms with Gasteiger partial charge in [-0.2, -0.15) is 0 Å². The van der Waals surface area contributed by atoms with Gasteiger partial charge < -0.3 is 20.7 Å². The van der Waals surface area contributed by atoms with Gasteiger partial charge in [0.2, 0.25) is 5.91 Å². The fourth-order valence-electron chi connectivity index (χ4n) is 2.39. The zero-order chi connectivity index (χ0) is 15.9. The second-order valence-electron chi connectivity index (χ2n) is 5.49. The molecule has 1 aliphatic heterocycles. The van der Waals surface area contributed by atoms with Gasteiger partial charge in [-0.25, -0.2) is 0 Å². The molecule has 120 valence electrons. The summed E-state index contributed by atoms with van der Waals surface area (Å²) in [4.78, 5) is 23.8. The minimum Gasteiger partial charge on any atom is -0.372 e. The molecule has 0 bridgehead atoms. The Morgan fingerprint density at radius 3 is 2.73 bits per heavy atom. The number of hydrogen-bond donors (Lipinski definition) is 3. The van der Waals surface area contributed by atoms with E-state index in [0.29, 0.717) is 17.8 Å². The lowest BCUT2D eigenvalue weighted by Gasteiger charge is -2.13. The second kappa shape index (κ2) is 7.91. The van der Waals surface area contributed by atoms with Crippen LogP contribution in [0.15, 0.2) is 24.3 Å². The predicted molar refractivity (Wildman–Crippen MR) is 85.8 cm³/mol. The highest BCUT2D eigenvalue weighted by Crippen LogP contribution is 2.17. The van der Waals surface area contributed by atoms with E-state index in [-0.39, 0.29) is 17.9 Å². The van der Waals surface area contributed by atoms with Crippen LogP contribution in [0.25, 0.3) is 0 Å². The van der Waals surface area contributed by atoms with Gasteiger partial charge in [-0.15, -0.1) is 0 Å². The summed E-state index contributed by atoms with van der Waals surface area (Å²) in [6, 6.07) is 7.37. The standard InChI is InChI=1S/C16H23N3O3/c1-11(22-2)16(21)19-14-6-3-5-13(9-14)18-15(20)10-12-7-4-8-17-12/h3,5-6,9,11-12,17H,4,7-8,10H2,1-2H3,(H,18,20)(H,19,21). The van der Waals surface area contributed by atoms with Crippen molar-refractivity contribution in [2.24, 2.45) is 0 Å². The van der Waals surface area contributed by atoms with E-state index in [4.69, 9.17) is 4.74 Å². The number of hydrogen-bond acceptors (Lipinski definition) is 4. The minimum atomic E-state index is -0.522. The largest absolute Gasteiger partial charge is 0.372 e. The molecule has 1 aromatic carbocycles. The molecule has 2 rings (SSSR count). The van der Waals surface area contributed by atoms with Gasteiger partial charge in [-0.1, -0.05) is 6.07 Å². The lowest BCUT2D eigenvalue weighted by molar-refractivity contribution is -0.124. The van der Waals surface area contributed by atoms with E-state index in [1.807, 2.05) is 0 Å². The van der Waals surface area contributed by atoms with Crippen molar-refractivity contribution in [2.75, 3.05) is 24.3 Å². The Hall–Kier alpha value is -1.92. The first-order chi connectivity index (χ1) is 10.6. The number of rotatable bonds is 6. The molecule has 2 atom stereocenters. The van der Waals surface area contributed by atoms with Gasteiger partial charge in [0.25, 0.3) is 5.91 Å². The highest BCUT2D eigenvalue weighted by atomic mass is 16.5. The van der Waals surface area contributed by atoms with E-state index >= 15 is 0 Å². The van der Waals surface area contributed by atoms with Crippen LogP contribution >= 0.6 is 0 Å². The van der Waals surface area contributed by atoms with Crippen molar-refractivity contribution in [1.29, 1.82) is 0 Å². The molecule has 1 heterocycles. The summed E-state index contributed by atoms with van der Waals surface area (Å²) < 4.78 is 4.96. The van der Waals surface area contributed by atoms with E-state index in [9.17, 15) is 9.59 Å². The van der Waals surface area contributed by atoms with Gasteiger partial charge in [0.1, 0.15) is 6.10 Å². The summed E-state index contributed by atoms with van der Waals surface area (Å²) in [6.45, 7) is 2.66. The van der Waals surface area contributed by atoms with E-state index < -0.39 is 6.10 Å². The number of benzene rings is 1. The first kappa shape index (κ1) is 16.5. The van der Waals surface area contributed by atoms with Crippen molar-refractivity contribution >= 4 is 23.2 Å². The highest BCUT2D eigenvalue weighted by molar-refractivity contribution is 5.95. The van der Waals surface area contributed by atoms with E-state index in [1.54, 1.807) is 31.2 Å². The molecule has 0 spiro atoms. The van der Waals surface area contributed by atoms with Crippen molar-refractivity contribution in [1.82, 2.24) is 5.32 Å². The summed E-state index contributed by atoms with van der Waals surface area (Å²) in [5, 5.41) is 8.91. The molecule has 0 aliphatic carbocycles. The number of nitrogens with one attached hydrogen (secondary N) is 3. The Morgan fingerprint density at radius 2 is 2.09 bits per heavy atom. The van der Waals surface area contributed by atoms with Crippen molar-refractivity contribution in [3.63, 3.8) is 0 Å². The van der Waals surface area contributed by atoms with Gasteiger partial charge in [0.05, 0.1) is 0 Å². The van der Waals surface area contributed by atoms with E-state index in [1.165, 1.54) is 7.11 Å². The quantitative estimate of drug-likeness (QED) is 0.748. The summed E-state index contributed by atoms with van der Waals surface area (Å²) in [6.07, 6.45) is 2.11. The van der Waals surface area contributed by atoms with Crippen molar-refractivity contribution in [3.05, 3.63) is 24.3 Å². The monoisotopic (exact) mass is 305 g/mol. The van der Waals surface area contributed by atoms with E-state index in [0.717, 1.165) is 19.4 Å². The van der Waals surface area contributed by atoms with Crippen LogP contribution in [-0.2, 0) is 14.3 Å². The van der Waals surface area contributed by atoms with Crippen LogP contribution in [0.3, 0.4) is 0 Å². The van der Waals surface area contributed by atoms with Gasteiger partial charge >= 0.3 is 0 Å². The first-order valence-corrected chi connectivity index (χ1v) is 7.55. The maximum Gasteiger partial charge on any atom is 0.253 e. The zero-order valence-electron chi connectivity index (χ0n) is 13.0. The number of carbonyl (C=O) groups is 2. The molecule has 1 fully saturated rings. The molecule has 6 nitrogen and oxygen atoms in total. The van der Waals surface area contributed by atoms with Crippen molar-refractivity contribution < 1.29 is 14.3 Å². The Morgan fingerprint density at radius 1 is 1.36 bits per heavy atom. The Bertz CT molecular complexity index is 527. The fourth-order valence-corrected chi connectivity index (χ4v) is 2.39. The third kappa shape index (κ3) is 4.82. The molecular weight excluding hydrogens is 282 g/mol. The smallest absolute Gasteiger partial charge is 0.253 e. The maximum absolute atomic E-state index is 12.0. The first-order valence-electron chi connectivity index (χ1n) is 7.55. The predicted octanol–water partition coefficient (Wildman–Crippen LogP) is 1.74. The van der Waals surface area contributed by atoms with Crippen LogP contribution in [0.2, 0.25) is 0 Å². The van der Waals surface area contributed by atoms with Crippen LogP contribution < -0.4 is 16.0 Å². The molecule has 2 amide bonds. The molecule has 1 aliphatic rings. The number of ether oxygens (including phenoxy) is 1. The van der Waals surface area contributed by atoms with Crippen molar-refractivity contribution in [3.8, 4) is 0 Å². The maximum atomic E-state index is 12.0. The normalized spacial score (nSPS) is 18.7. The average molecular weight is 305 g/mol. The SMILES string of the molecule is COC(C)C(=O)Nc1cccc(NC(=O)CC2CCCN2)c1. The number of amides is 2. The number of anilines is 2. The molecule has 22 heavy (non-hydrogen) atoms. The molecule has 0 aromatic heterocycles. The minimum absolute atomic E-state index is 0.0202. The van der Waals surface area contributed by atoms with Gasteiger partial charge in [0, 0.05) is 30.9 Å². The summed E-state index contributed by atoms with van der Waals surface area (Å²) in [5.41, 5.74) is 1.30. The lowest BCUT2D eigenvalue weighted by Crippen LogP contribution is -2.27. The molecule has 0 saturated carbocycles. The second-order valence-corrected chi connectivity index (χ2v) is 5.49. The lowest BCUT2D eigenvalue weighted by atomic mass is 10.1. The Kier molecular flexibility index (Phi) is 5.91. The summed E-state index contributed by atoms with van der Waals surface area (Å²) in [5.74, 6) is -0.241. The third-order valence-corrected chi connectivity index (χ3v) is 3.73. The molecule has 0 radical (unpaired) electrons. The Balaban J connectivity index is 1.90. The number of methoxy groups -OCH3 is 1. The van der Waals surface area contributed by atoms with Crippen LogP contribution in [0.5, 0.6) is 0 Å². The average Bonchev–Trinajstić information content (AvgIpc) is 2.99. The molecule has 6 heteroatoms. The molecule has 2 unspecified atom stereocenters. The summed E-state index contributed by atoms with van der Waals surface area (Å²) >= 11 is 0. The fraction of sp³-hybridized carbons (Fsp3) is 0.500. The zero-order valence-corrected chi connectivity index (χ0v) is 13.0. The van der Waals surface area contributed by atoms with Crippen LogP contribution in [-0.4, -0.2) is 37.6 Å². The van der Waals surface area contributed by atoms with Crippen LogP contribution in [0.4, 0.5) is 11.4 Å². The summed E-state index contributed by atoms with van der Waals surface area (Å²) in [7, 11) is 1.48. The van der Waals surface area contributed by atoms with Crippen LogP contribution in [0, 0.1) is 0 Å². The van der Waals surface area contributed by atoms with Crippen LogP contribution in [0.1, 0.15) is 26.2 Å². The van der Waals surface area contributed by atoms with Gasteiger partial charge in [-0.05, 0) is 44.5 Å². The van der Waals surface area contributed by atoms with Gasteiger partial charge in [0.15, 0.2) is 0 Å². The molecule has 1 aromatic rings. The highest BCUT2D eigenvalue weighted by Gasteiger charge is 2.17. The van der Waals surface area contributed by atoms with E-state index in [2.05, 4.69) is 16.0 Å². The molecule has 3 N–H and O–H groups in total. The third-order valence-electron chi connectivity index (χ3n) is 3.73. The topological polar surface area (TPSA) is 79.5 Å². The van der Waals surface area contributed by atoms with Crippen molar-refractivity contribution in [2.45, 2.75) is 38.3 Å². The number of carbonyl (C=O) groups excluding carboxylic acids is 2. The van der Waals surface area contributed by atoms with Gasteiger partial charge in [-0.3, -0.25) is 9.59 Å². The molecule has 1 saturated heterocycles.